The van der Waals surface area contributed by atoms with Crippen molar-refractivity contribution in [2.24, 2.45) is 0 Å². The van der Waals surface area contributed by atoms with Gasteiger partial charge in [-0.15, -0.1) is 0 Å². The smallest absolute Gasteiger partial charge is 0.275 e. The molecule has 3 heterocycles. The molecule has 0 aliphatic carbocycles. The van der Waals surface area contributed by atoms with E-state index >= 15 is 0 Å². The Morgan fingerprint density at radius 2 is 1.97 bits per heavy atom. The summed E-state index contributed by atoms with van der Waals surface area (Å²) in [6.45, 7) is 8.79. The number of allylic oxidation sites excluding steroid dienone is 2. The Balaban J connectivity index is 1.78. The number of pyridine rings is 1. The molecule has 1 aromatic carbocycles. The maximum absolute atomic E-state index is 12.9. The topological polar surface area (TPSA) is 67.3 Å². The molecule has 1 fully saturated rings. The van der Waals surface area contributed by atoms with Crippen LogP contribution in [0.2, 0.25) is 0 Å². The van der Waals surface area contributed by atoms with Crippen LogP contribution in [-0.4, -0.2) is 46.7 Å². The molecule has 1 N–H and O–H groups in total. The molecule has 0 radical (unpaired) electrons. The van der Waals surface area contributed by atoms with E-state index in [-0.39, 0.29) is 11.5 Å². The summed E-state index contributed by atoms with van der Waals surface area (Å²) in [6, 6.07) is 7.92. The zero-order valence-electron chi connectivity index (χ0n) is 17.7. The van der Waals surface area contributed by atoms with Gasteiger partial charge in [-0.2, -0.15) is 0 Å². The molecule has 156 valence electrons. The zero-order valence-corrected chi connectivity index (χ0v) is 17.7. The quantitative estimate of drug-likeness (QED) is 0.674. The molecule has 4 rings (SSSR count). The summed E-state index contributed by atoms with van der Waals surface area (Å²) >= 11 is 0. The van der Waals surface area contributed by atoms with Gasteiger partial charge in [0.15, 0.2) is 0 Å². The molecule has 2 aromatic heterocycles. The van der Waals surface area contributed by atoms with Crippen molar-refractivity contribution in [1.82, 2.24) is 14.5 Å². The molecule has 0 atom stereocenters. The second-order valence-electron chi connectivity index (χ2n) is 7.74. The molecule has 3 aromatic rings. The second kappa shape index (κ2) is 8.32. The highest BCUT2D eigenvalue weighted by atomic mass is 16.5. The monoisotopic (exact) mass is 405 g/mol. The van der Waals surface area contributed by atoms with E-state index in [0.29, 0.717) is 43.9 Å². The number of nitrogens with zero attached hydrogens (tertiary/aromatic N) is 2. The van der Waals surface area contributed by atoms with Crippen LogP contribution in [0.15, 0.2) is 47.4 Å². The highest BCUT2D eigenvalue weighted by molar-refractivity contribution is 5.98. The van der Waals surface area contributed by atoms with Crippen LogP contribution in [0.1, 0.15) is 28.5 Å². The summed E-state index contributed by atoms with van der Waals surface area (Å²) in [5.41, 5.74) is 5.13. The van der Waals surface area contributed by atoms with Crippen LogP contribution in [0.4, 0.5) is 0 Å². The second-order valence-corrected chi connectivity index (χ2v) is 7.74. The van der Waals surface area contributed by atoms with Gasteiger partial charge in [0, 0.05) is 48.0 Å². The molecule has 6 heteroatoms. The van der Waals surface area contributed by atoms with Crippen LogP contribution in [0.25, 0.3) is 22.0 Å². The first-order valence-electron chi connectivity index (χ1n) is 10.3. The number of rotatable bonds is 4. The van der Waals surface area contributed by atoms with Gasteiger partial charge < -0.3 is 19.2 Å². The molecular formula is C24H27N3O3. The van der Waals surface area contributed by atoms with Crippen molar-refractivity contribution in [3.8, 4) is 11.1 Å². The van der Waals surface area contributed by atoms with Gasteiger partial charge in [-0.05, 0) is 44.0 Å². The maximum Gasteiger partial charge on any atom is 0.275 e. The van der Waals surface area contributed by atoms with Crippen LogP contribution < -0.4 is 5.56 Å². The highest BCUT2D eigenvalue weighted by Gasteiger charge is 2.21. The summed E-state index contributed by atoms with van der Waals surface area (Å²) in [7, 11) is 0. The molecule has 0 saturated carbocycles. The van der Waals surface area contributed by atoms with Crippen molar-refractivity contribution in [3.63, 3.8) is 0 Å². The molecule has 0 spiro atoms. The minimum absolute atomic E-state index is 0.0317. The first-order chi connectivity index (χ1) is 14.5. The molecule has 1 amide bonds. The van der Waals surface area contributed by atoms with Gasteiger partial charge >= 0.3 is 0 Å². The number of hydrogen-bond donors (Lipinski definition) is 1. The lowest BCUT2D eigenvalue weighted by molar-refractivity contribution is 0.0302. The van der Waals surface area contributed by atoms with E-state index in [4.69, 9.17) is 4.74 Å². The Morgan fingerprint density at radius 3 is 2.67 bits per heavy atom. The highest BCUT2D eigenvalue weighted by Crippen LogP contribution is 2.29. The number of aromatic nitrogens is 2. The van der Waals surface area contributed by atoms with Gasteiger partial charge in [-0.25, -0.2) is 0 Å². The van der Waals surface area contributed by atoms with Gasteiger partial charge in [-0.1, -0.05) is 24.3 Å². The summed E-state index contributed by atoms with van der Waals surface area (Å²) in [4.78, 5) is 30.8. The van der Waals surface area contributed by atoms with Gasteiger partial charge in [0.05, 0.1) is 13.2 Å². The third-order valence-electron chi connectivity index (χ3n) is 5.61. The Kier molecular flexibility index (Phi) is 5.59. The zero-order chi connectivity index (χ0) is 21.3. The number of fused-ring (bicyclic) bond motifs is 1. The molecule has 0 unspecified atom stereocenters. The lowest BCUT2D eigenvalue weighted by Gasteiger charge is -2.27. The molecule has 0 bridgehead atoms. The van der Waals surface area contributed by atoms with E-state index < -0.39 is 0 Å². The summed E-state index contributed by atoms with van der Waals surface area (Å²) < 4.78 is 7.07. The minimum Gasteiger partial charge on any atom is -0.378 e. The molecular weight excluding hydrogens is 378 g/mol. The number of ether oxygens (including phenoxy) is 1. The van der Waals surface area contributed by atoms with Crippen molar-refractivity contribution in [2.75, 3.05) is 26.3 Å². The van der Waals surface area contributed by atoms with Crippen molar-refractivity contribution in [2.45, 2.75) is 27.3 Å². The maximum atomic E-state index is 12.9. The van der Waals surface area contributed by atoms with Crippen molar-refractivity contribution >= 4 is 16.8 Å². The largest absolute Gasteiger partial charge is 0.378 e. The standard InChI is InChI=1S/C24H27N3O3/c1-4-5-8-27-15-21(20-14-17(3)25-22(20)24(27)29)18-6-7-19(16(2)13-18)23(28)26-9-11-30-12-10-26/h4-7,13-15,25H,8-12H2,1-3H3/b5-4+. The fourth-order valence-electron chi connectivity index (χ4n) is 3.99. The lowest BCUT2D eigenvalue weighted by atomic mass is 9.98. The summed E-state index contributed by atoms with van der Waals surface area (Å²) in [5, 5.41) is 0.904. The Hall–Kier alpha value is -3.12. The van der Waals surface area contributed by atoms with Gasteiger partial charge in [0.2, 0.25) is 0 Å². The predicted octanol–water partition coefficient (Wildman–Crippen LogP) is 3.66. The van der Waals surface area contributed by atoms with E-state index in [1.54, 1.807) is 4.57 Å². The number of nitrogens with one attached hydrogen (secondary N) is 1. The lowest BCUT2D eigenvalue weighted by Crippen LogP contribution is -2.40. The number of aryl methyl sites for hydroxylation is 2. The first-order valence-corrected chi connectivity index (χ1v) is 10.3. The van der Waals surface area contributed by atoms with Crippen LogP contribution in [0.5, 0.6) is 0 Å². The number of morpholine rings is 1. The summed E-state index contributed by atoms with van der Waals surface area (Å²) in [5.74, 6) is 0.0445. The van der Waals surface area contributed by atoms with Crippen LogP contribution in [0.3, 0.4) is 0 Å². The van der Waals surface area contributed by atoms with Gasteiger partial charge in [0.25, 0.3) is 11.5 Å². The van der Waals surface area contributed by atoms with Crippen LogP contribution >= 0.6 is 0 Å². The van der Waals surface area contributed by atoms with E-state index in [0.717, 1.165) is 27.8 Å². The number of benzene rings is 1. The van der Waals surface area contributed by atoms with Crippen molar-refractivity contribution in [3.05, 3.63) is 69.8 Å². The number of hydrogen-bond acceptors (Lipinski definition) is 3. The van der Waals surface area contributed by atoms with Gasteiger partial charge in [-0.3, -0.25) is 9.59 Å². The Morgan fingerprint density at radius 1 is 1.20 bits per heavy atom. The van der Waals surface area contributed by atoms with Gasteiger partial charge in [0.1, 0.15) is 5.52 Å². The van der Waals surface area contributed by atoms with Crippen molar-refractivity contribution in [1.29, 1.82) is 0 Å². The molecule has 1 aliphatic heterocycles. The van der Waals surface area contributed by atoms with Crippen LogP contribution in [0, 0.1) is 13.8 Å². The average molecular weight is 405 g/mol. The number of carbonyl (C=O) groups is 1. The summed E-state index contributed by atoms with van der Waals surface area (Å²) in [6.07, 6.45) is 5.81. The Labute approximate surface area is 175 Å². The number of amides is 1. The molecule has 1 saturated heterocycles. The van der Waals surface area contributed by atoms with E-state index in [1.165, 1.54) is 0 Å². The van der Waals surface area contributed by atoms with E-state index in [9.17, 15) is 9.59 Å². The van der Waals surface area contributed by atoms with E-state index in [1.807, 2.05) is 68.3 Å². The molecule has 30 heavy (non-hydrogen) atoms. The molecule has 1 aliphatic rings. The Bertz CT molecular complexity index is 1180. The first kappa shape index (κ1) is 20.2. The van der Waals surface area contributed by atoms with E-state index in [2.05, 4.69) is 4.98 Å². The number of H-pyrrole nitrogens is 1. The fraction of sp³-hybridized carbons (Fsp3) is 0.333. The predicted molar refractivity (Wildman–Crippen MR) is 119 cm³/mol. The minimum atomic E-state index is -0.0317. The normalized spacial score (nSPS) is 14.7. The van der Waals surface area contributed by atoms with Crippen LogP contribution in [-0.2, 0) is 11.3 Å². The molecule has 6 nitrogen and oxygen atoms in total. The fourth-order valence-corrected chi connectivity index (χ4v) is 3.99. The third-order valence-corrected chi connectivity index (χ3v) is 5.61. The SMILES string of the molecule is C/C=C/Cn1cc(-c2ccc(C(=O)N3CCOCC3)c(C)c2)c2cc(C)[nH]c2c1=O. The number of carbonyl (C=O) groups excluding carboxylic acids is 1. The third kappa shape index (κ3) is 3.71. The van der Waals surface area contributed by atoms with Crippen molar-refractivity contribution < 1.29 is 9.53 Å². The average Bonchev–Trinajstić information content (AvgIpc) is 3.15. The number of aromatic amines is 1.